The van der Waals surface area contributed by atoms with Crippen molar-refractivity contribution in [3.05, 3.63) is 77.4 Å². The summed E-state index contributed by atoms with van der Waals surface area (Å²) < 4.78 is 1.18. The van der Waals surface area contributed by atoms with E-state index < -0.39 is 6.09 Å². The summed E-state index contributed by atoms with van der Waals surface area (Å²) in [5.74, 6) is 1.04. The van der Waals surface area contributed by atoms with Crippen molar-refractivity contribution in [1.82, 2.24) is 19.9 Å². The van der Waals surface area contributed by atoms with E-state index in [2.05, 4.69) is 45.3 Å². The van der Waals surface area contributed by atoms with Crippen LogP contribution < -0.4 is 5.32 Å². The summed E-state index contributed by atoms with van der Waals surface area (Å²) in [6, 6.07) is 16.6. The Morgan fingerprint density at radius 1 is 1.00 bits per heavy atom. The molecule has 0 atom stereocenters. The minimum Gasteiger partial charge on any atom is -0.465 e. The summed E-state index contributed by atoms with van der Waals surface area (Å²) in [6.45, 7) is 1.10. The number of amides is 1. The zero-order chi connectivity index (χ0) is 25.9. The van der Waals surface area contributed by atoms with Crippen molar-refractivity contribution in [3.63, 3.8) is 0 Å². The second-order valence-electron chi connectivity index (χ2n) is 8.73. The summed E-state index contributed by atoms with van der Waals surface area (Å²) >= 11 is 6.62. The molecule has 0 spiro atoms. The van der Waals surface area contributed by atoms with Crippen LogP contribution in [0.25, 0.3) is 10.2 Å². The van der Waals surface area contributed by atoms with Crippen molar-refractivity contribution in [2.45, 2.75) is 38.3 Å². The molecule has 1 saturated heterocycles. The van der Waals surface area contributed by atoms with Crippen molar-refractivity contribution in [2.75, 3.05) is 18.4 Å². The van der Waals surface area contributed by atoms with Gasteiger partial charge in [-0.2, -0.15) is 0 Å². The fourth-order valence-corrected chi connectivity index (χ4v) is 8.01. The lowest BCUT2D eigenvalue weighted by Gasteiger charge is -2.28. The summed E-state index contributed by atoms with van der Waals surface area (Å²) in [5, 5.41) is 17.6. The number of benzene rings is 1. The number of thiazole rings is 1. The van der Waals surface area contributed by atoms with Crippen molar-refractivity contribution < 1.29 is 9.90 Å². The Balaban J connectivity index is 1.24. The van der Waals surface area contributed by atoms with Gasteiger partial charge in [0.2, 0.25) is 0 Å². The second kappa shape index (κ2) is 11.3. The first-order valence-corrected chi connectivity index (χ1v) is 15.4. The average Bonchev–Trinajstić information content (AvgIpc) is 3.61. The Morgan fingerprint density at radius 2 is 1.82 bits per heavy atom. The second-order valence-corrected chi connectivity index (χ2v) is 12.7. The quantitative estimate of drug-likeness (QED) is 0.201. The fourth-order valence-electron chi connectivity index (χ4n) is 4.33. The normalized spacial score (nSPS) is 14.2. The molecule has 6 rings (SSSR count). The zero-order valence-corrected chi connectivity index (χ0v) is 23.4. The first-order valence-electron chi connectivity index (χ1n) is 12.1. The Labute approximate surface area is 236 Å². The minimum atomic E-state index is -0.844. The first kappa shape index (κ1) is 25.2. The SMILES string of the molecule is O=C(O)N1CCC(c2csc(Nc3ncc(Sc4ccnc5ccsc45)cc3Sc3ccccc3)n2)CC1. The van der Waals surface area contributed by atoms with Crippen molar-refractivity contribution in [2.24, 2.45) is 0 Å². The van der Waals surface area contributed by atoms with Crippen LogP contribution >= 0.6 is 46.2 Å². The van der Waals surface area contributed by atoms with Crippen LogP contribution in [0.5, 0.6) is 0 Å². The molecule has 2 N–H and O–H groups in total. The van der Waals surface area contributed by atoms with Crippen molar-refractivity contribution >= 4 is 73.5 Å². The molecule has 5 aromatic rings. The van der Waals surface area contributed by atoms with Crippen LogP contribution in [0.3, 0.4) is 0 Å². The van der Waals surface area contributed by atoms with E-state index in [1.165, 1.54) is 14.5 Å². The number of thiophene rings is 1. The first-order chi connectivity index (χ1) is 18.6. The maximum atomic E-state index is 11.2. The Morgan fingerprint density at radius 3 is 2.63 bits per heavy atom. The molecule has 0 unspecified atom stereocenters. The van der Waals surface area contributed by atoms with Gasteiger partial charge in [-0.1, -0.05) is 41.7 Å². The lowest BCUT2D eigenvalue weighted by molar-refractivity contribution is 0.132. The van der Waals surface area contributed by atoms with Gasteiger partial charge in [-0.25, -0.2) is 14.8 Å². The van der Waals surface area contributed by atoms with Crippen molar-refractivity contribution in [3.8, 4) is 0 Å². The molecular formula is C27H23N5O2S4. The summed E-state index contributed by atoms with van der Waals surface area (Å²) in [4.78, 5) is 31.2. The van der Waals surface area contributed by atoms with Gasteiger partial charge in [-0.3, -0.25) is 4.98 Å². The molecule has 11 heteroatoms. The fraction of sp³-hybridized carbons (Fsp3) is 0.185. The van der Waals surface area contributed by atoms with Crippen LogP contribution in [0.1, 0.15) is 24.5 Å². The van der Waals surface area contributed by atoms with E-state index >= 15 is 0 Å². The summed E-state index contributed by atoms with van der Waals surface area (Å²) in [5.41, 5.74) is 2.03. The van der Waals surface area contributed by atoms with Crippen LogP contribution in [-0.2, 0) is 0 Å². The highest BCUT2D eigenvalue weighted by atomic mass is 32.2. The van der Waals surface area contributed by atoms with E-state index in [-0.39, 0.29) is 5.92 Å². The number of hydrogen-bond donors (Lipinski definition) is 2. The van der Waals surface area contributed by atoms with Crippen LogP contribution in [0.15, 0.2) is 91.3 Å². The van der Waals surface area contributed by atoms with Gasteiger partial charge < -0.3 is 15.3 Å². The molecule has 1 aliphatic heterocycles. The highest BCUT2D eigenvalue weighted by molar-refractivity contribution is 8.00. The topological polar surface area (TPSA) is 91.2 Å². The van der Waals surface area contributed by atoms with Gasteiger partial charge in [0.05, 0.1) is 20.8 Å². The smallest absolute Gasteiger partial charge is 0.407 e. The highest BCUT2D eigenvalue weighted by Gasteiger charge is 2.25. The number of carbonyl (C=O) groups is 1. The lowest BCUT2D eigenvalue weighted by Crippen LogP contribution is -2.36. The largest absolute Gasteiger partial charge is 0.465 e. The molecule has 38 heavy (non-hydrogen) atoms. The molecule has 0 saturated carbocycles. The number of nitrogens with one attached hydrogen (secondary N) is 1. The minimum absolute atomic E-state index is 0.275. The number of likely N-dealkylation sites (tertiary alicyclic amines) is 1. The summed E-state index contributed by atoms with van der Waals surface area (Å²) in [7, 11) is 0. The van der Waals surface area contributed by atoms with Gasteiger partial charge >= 0.3 is 6.09 Å². The number of hydrogen-bond acceptors (Lipinski definition) is 9. The van der Waals surface area contributed by atoms with E-state index in [1.54, 1.807) is 46.2 Å². The lowest BCUT2D eigenvalue weighted by atomic mass is 9.94. The van der Waals surface area contributed by atoms with E-state index in [9.17, 15) is 9.90 Å². The van der Waals surface area contributed by atoms with Crippen LogP contribution in [-0.4, -0.2) is 44.1 Å². The molecule has 0 bridgehead atoms. The Bertz CT molecular complexity index is 1560. The van der Waals surface area contributed by atoms with Crippen molar-refractivity contribution in [1.29, 1.82) is 0 Å². The van der Waals surface area contributed by atoms with Crippen LogP contribution in [0, 0.1) is 0 Å². The van der Waals surface area contributed by atoms with Gasteiger partial charge in [0.15, 0.2) is 5.13 Å². The van der Waals surface area contributed by atoms with Crippen LogP contribution in [0.4, 0.5) is 15.7 Å². The number of pyridine rings is 2. The van der Waals surface area contributed by atoms with Gasteiger partial charge in [0.25, 0.3) is 0 Å². The predicted octanol–water partition coefficient (Wildman–Crippen LogP) is 8.05. The van der Waals surface area contributed by atoms with E-state index in [1.807, 2.05) is 36.7 Å². The molecule has 1 amide bonds. The predicted molar refractivity (Wildman–Crippen MR) is 156 cm³/mol. The Hall–Kier alpha value is -3.12. The standard InChI is InChI=1S/C27H23N5O2S4/c33-27(34)32-11-7-17(8-12-32)21-16-36-26(30-21)31-25-23(37-18-4-2-1-3-5-18)14-19(15-29-25)38-22-6-10-28-20-9-13-35-24(20)22/h1-6,9-10,13-17H,7-8,11-12H2,(H,33,34)(H,29,30,31). The molecule has 1 aromatic carbocycles. The number of fused-ring (bicyclic) bond motifs is 1. The van der Waals surface area contributed by atoms with E-state index in [0.29, 0.717) is 13.1 Å². The number of rotatable bonds is 7. The van der Waals surface area contributed by atoms with Gasteiger partial charge in [0, 0.05) is 51.5 Å². The molecular weight excluding hydrogens is 555 g/mol. The molecule has 192 valence electrons. The van der Waals surface area contributed by atoms with E-state index in [0.717, 1.165) is 49.7 Å². The number of piperidine rings is 1. The third-order valence-corrected chi connectivity index (χ3v) is 10.2. The molecule has 0 radical (unpaired) electrons. The molecule has 5 heterocycles. The monoisotopic (exact) mass is 577 g/mol. The third kappa shape index (κ3) is 5.65. The van der Waals surface area contributed by atoms with Gasteiger partial charge in [0.1, 0.15) is 5.82 Å². The van der Waals surface area contributed by atoms with Gasteiger partial charge in [-0.15, -0.1) is 22.7 Å². The Kier molecular flexibility index (Phi) is 7.50. The number of nitrogens with zero attached hydrogens (tertiary/aromatic N) is 4. The molecule has 0 aliphatic carbocycles. The summed E-state index contributed by atoms with van der Waals surface area (Å²) in [6.07, 6.45) is 4.50. The highest BCUT2D eigenvalue weighted by Crippen LogP contribution is 2.40. The van der Waals surface area contributed by atoms with E-state index in [4.69, 9.17) is 9.97 Å². The van der Waals surface area contributed by atoms with Crippen LogP contribution in [0.2, 0.25) is 0 Å². The number of anilines is 2. The zero-order valence-electron chi connectivity index (χ0n) is 20.1. The maximum Gasteiger partial charge on any atom is 0.407 e. The van der Waals surface area contributed by atoms with Gasteiger partial charge in [-0.05, 0) is 48.6 Å². The number of carboxylic acid groups (broad SMARTS) is 1. The molecule has 7 nitrogen and oxygen atoms in total. The number of aromatic nitrogens is 3. The molecule has 1 aliphatic rings. The molecule has 1 fully saturated rings. The maximum absolute atomic E-state index is 11.2. The third-order valence-electron chi connectivity index (χ3n) is 6.27. The molecule has 4 aromatic heterocycles. The average molecular weight is 578 g/mol.